The first-order valence-electron chi connectivity index (χ1n) is 11.0. The van der Waals surface area contributed by atoms with Crippen LogP contribution in [0.1, 0.15) is 20.8 Å². The second-order valence-corrected chi connectivity index (χ2v) is 11.4. The highest BCUT2D eigenvalue weighted by Gasteiger charge is 2.33. The molecule has 0 aromatic heterocycles. The Kier molecular flexibility index (Phi) is 9.78. The molecule has 0 saturated heterocycles. The Hall–Kier alpha value is -2.54. The van der Waals surface area contributed by atoms with E-state index in [1.807, 2.05) is 0 Å². The number of nitrogens with zero attached hydrogens (tertiary/aromatic N) is 2. The van der Waals surface area contributed by atoms with E-state index in [9.17, 15) is 16.8 Å². The fourth-order valence-electron chi connectivity index (χ4n) is 3.74. The summed E-state index contributed by atoms with van der Waals surface area (Å²) in [5.74, 6) is 1.37. The second-order valence-electron chi connectivity index (χ2n) is 7.55. The van der Waals surface area contributed by atoms with Crippen LogP contribution in [0.3, 0.4) is 0 Å². The van der Waals surface area contributed by atoms with E-state index in [1.54, 1.807) is 20.8 Å². The molecule has 0 heterocycles. The number of likely N-dealkylation sites (N-methyl/N-ethyl adjacent to an activating group) is 2. The summed E-state index contributed by atoms with van der Waals surface area (Å²) < 4.78 is 77.0. The Bertz CT molecular complexity index is 1220. The van der Waals surface area contributed by atoms with E-state index in [1.165, 1.54) is 73.4 Å². The molecule has 0 spiro atoms. The van der Waals surface area contributed by atoms with Crippen molar-refractivity contribution in [3.8, 4) is 23.0 Å². The van der Waals surface area contributed by atoms with Gasteiger partial charge in [0.15, 0.2) is 23.0 Å². The van der Waals surface area contributed by atoms with Gasteiger partial charge in [0.1, 0.15) is 0 Å². The molecule has 12 heteroatoms. The average molecular weight is 531 g/mol. The van der Waals surface area contributed by atoms with Crippen LogP contribution >= 0.6 is 0 Å². The Morgan fingerprint density at radius 3 is 1.49 bits per heavy atom. The Labute approximate surface area is 208 Å². The molecule has 2 rings (SSSR count). The lowest BCUT2D eigenvalue weighted by Crippen LogP contribution is -2.46. The molecule has 0 unspecified atom stereocenters. The zero-order valence-corrected chi connectivity index (χ0v) is 22.8. The van der Waals surface area contributed by atoms with Crippen molar-refractivity contribution in [1.29, 1.82) is 0 Å². The summed E-state index contributed by atoms with van der Waals surface area (Å²) >= 11 is 0. The second kappa shape index (κ2) is 11.9. The van der Waals surface area contributed by atoms with Crippen LogP contribution in [-0.2, 0) is 20.0 Å². The monoisotopic (exact) mass is 530 g/mol. The summed E-state index contributed by atoms with van der Waals surface area (Å²) in [7, 11) is -2.12. The molecule has 0 bridgehead atoms. The van der Waals surface area contributed by atoms with Gasteiger partial charge in [-0.25, -0.2) is 16.8 Å². The Morgan fingerprint density at radius 2 is 1.11 bits per heavy atom. The maximum absolute atomic E-state index is 13.4. The fraction of sp³-hybridized carbons (Fsp3) is 0.478. The molecule has 0 aliphatic carbocycles. The summed E-state index contributed by atoms with van der Waals surface area (Å²) in [5, 5.41) is 0. The van der Waals surface area contributed by atoms with E-state index in [-0.39, 0.29) is 40.9 Å². The molecule has 0 aliphatic rings. The number of ether oxygens (including phenoxy) is 4. The minimum atomic E-state index is -3.95. The molecule has 10 nitrogen and oxygen atoms in total. The van der Waals surface area contributed by atoms with Gasteiger partial charge in [-0.1, -0.05) is 13.8 Å². The number of sulfonamides is 2. The third-order valence-electron chi connectivity index (χ3n) is 5.58. The smallest absolute Gasteiger partial charge is 0.243 e. The summed E-state index contributed by atoms with van der Waals surface area (Å²) in [6, 6.07) is 8.02. The topological polar surface area (TPSA) is 112 Å². The molecule has 1 atom stereocenters. The van der Waals surface area contributed by atoms with Gasteiger partial charge < -0.3 is 18.9 Å². The van der Waals surface area contributed by atoms with E-state index in [2.05, 4.69) is 0 Å². The third-order valence-corrected chi connectivity index (χ3v) is 9.60. The lowest BCUT2D eigenvalue weighted by molar-refractivity contribution is 0.289. The molecular formula is C23H34N2O8S2. The molecule has 0 fully saturated rings. The first kappa shape index (κ1) is 28.7. The predicted molar refractivity (Wildman–Crippen MR) is 133 cm³/mol. The quantitative estimate of drug-likeness (QED) is 0.389. The SMILES string of the molecule is CCN(C[C@H](C)N(CC)S(=O)(=O)c1ccc(OC)c(OC)c1)S(=O)(=O)c1ccc(OC)c(OC)c1. The van der Waals surface area contributed by atoms with Gasteiger partial charge in [0.05, 0.1) is 38.2 Å². The summed E-state index contributed by atoms with van der Waals surface area (Å²) in [6.45, 7) is 5.32. The van der Waals surface area contributed by atoms with Crippen LogP contribution in [0.25, 0.3) is 0 Å². The van der Waals surface area contributed by atoms with Crippen LogP contribution in [-0.4, -0.2) is 79.6 Å². The summed E-state index contributed by atoms with van der Waals surface area (Å²) in [5.41, 5.74) is 0. The number of hydrogen-bond acceptors (Lipinski definition) is 8. The average Bonchev–Trinajstić information content (AvgIpc) is 2.86. The van der Waals surface area contributed by atoms with Crippen LogP contribution in [0.15, 0.2) is 46.2 Å². The van der Waals surface area contributed by atoms with Crippen LogP contribution in [0.5, 0.6) is 23.0 Å². The van der Waals surface area contributed by atoms with Gasteiger partial charge in [0.25, 0.3) is 0 Å². The van der Waals surface area contributed by atoms with Gasteiger partial charge in [-0.05, 0) is 31.2 Å². The zero-order valence-electron chi connectivity index (χ0n) is 21.1. The molecule has 0 aliphatic heterocycles. The van der Waals surface area contributed by atoms with Crippen molar-refractivity contribution in [2.45, 2.75) is 36.6 Å². The normalized spacial score (nSPS) is 13.1. The molecule has 35 heavy (non-hydrogen) atoms. The van der Waals surface area contributed by atoms with Gasteiger partial charge in [-0.3, -0.25) is 0 Å². The van der Waals surface area contributed by atoms with Crippen LogP contribution in [0.4, 0.5) is 0 Å². The van der Waals surface area contributed by atoms with Crippen molar-refractivity contribution < 1.29 is 35.8 Å². The first-order valence-corrected chi connectivity index (χ1v) is 13.9. The molecule has 2 aromatic carbocycles. The van der Waals surface area contributed by atoms with Crippen molar-refractivity contribution in [2.24, 2.45) is 0 Å². The van der Waals surface area contributed by atoms with Crippen LogP contribution in [0, 0.1) is 0 Å². The summed E-state index contributed by atoms with van der Waals surface area (Å²) in [6.07, 6.45) is 0. The molecule has 0 N–H and O–H groups in total. The van der Waals surface area contributed by atoms with E-state index in [0.717, 1.165) is 0 Å². The lowest BCUT2D eigenvalue weighted by Gasteiger charge is -2.31. The van der Waals surface area contributed by atoms with Gasteiger partial charge >= 0.3 is 0 Å². The maximum atomic E-state index is 13.4. The third kappa shape index (κ3) is 6.00. The van der Waals surface area contributed by atoms with Gasteiger partial charge in [0, 0.05) is 37.8 Å². The van der Waals surface area contributed by atoms with E-state index in [4.69, 9.17) is 18.9 Å². The Morgan fingerprint density at radius 1 is 0.686 bits per heavy atom. The largest absolute Gasteiger partial charge is 0.493 e. The minimum absolute atomic E-state index is 0.0228. The van der Waals surface area contributed by atoms with E-state index < -0.39 is 26.1 Å². The van der Waals surface area contributed by atoms with Crippen molar-refractivity contribution >= 4 is 20.0 Å². The highest BCUT2D eigenvalue weighted by atomic mass is 32.2. The molecule has 2 aromatic rings. The first-order chi connectivity index (χ1) is 16.5. The molecule has 0 saturated carbocycles. The number of rotatable bonds is 13. The van der Waals surface area contributed by atoms with Crippen molar-refractivity contribution in [2.75, 3.05) is 48.1 Å². The lowest BCUT2D eigenvalue weighted by atomic mass is 10.3. The van der Waals surface area contributed by atoms with Gasteiger partial charge in [0.2, 0.25) is 20.0 Å². The fourth-order valence-corrected chi connectivity index (χ4v) is 6.93. The standard InChI is InChI=1S/C23H34N2O8S2/c1-8-24(34(26,27)18-10-12-20(30-4)22(14-18)32-6)16-17(3)25(9-2)35(28,29)19-11-13-21(31-5)23(15-19)33-7/h10-15,17H,8-9,16H2,1-7H3/t17-/m0/s1. The number of methoxy groups -OCH3 is 4. The van der Waals surface area contributed by atoms with Crippen molar-refractivity contribution in [1.82, 2.24) is 8.61 Å². The van der Waals surface area contributed by atoms with E-state index >= 15 is 0 Å². The van der Waals surface area contributed by atoms with Gasteiger partial charge in [-0.15, -0.1) is 0 Å². The molecule has 196 valence electrons. The van der Waals surface area contributed by atoms with Crippen molar-refractivity contribution in [3.63, 3.8) is 0 Å². The number of benzene rings is 2. The minimum Gasteiger partial charge on any atom is -0.493 e. The number of hydrogen-bond donors (Lipinski definition) is 0. The summed E-state index contributed by atoms with van der Waals surface area (Å²) in [4.78, 5) is 0.0460. The zero-order chi connectivity index (χ0) is 26.4. The maximum Gasteiger partial charge on any atom is 0.243 e. The highest BCUT2D eigenvalue weighted by Crippen LogP contribution is 2.32. The molecule has 0 amide bonds. The van der Waals surface area contributed by atoms with Gasteiger partial charge in [-0.2, -0.15) is 8.61 Å². The van der Waals surface area contributed by atoms with Crippen LogP contribution in [0.2, 0.25) is 0 Å². The predicted octanol–water partition coefficient (Wildman–Crippen LogP) is 2.83. The molecular weight excluding hydrogens is 496 g/mol. The highest BCUT2D eigenvalue weighted by molar-refractivity contribution is 7.89. The molecule has 0 radical (unpaired) electrons. The van der Waals surface area contributed by atoms with Crippen LogP contribution < -0.4 is 18.9 Å². The van der Waals surface area contributed by atoms with Crippen molar-refractivity contribution in [3.05, 3.63) is 36.4 Å². The Balaban J connectivity index is 2.38. The van der Waals surface area contributed by atoms with E-state index in [0.29, 0.717) is 11.5 Å².